The van der Waals surface area contributed by atoms with Gasteiger partial charge in [-0.3, -0.25) is 0 Å². The Morgan fingerprint density at radius 3 is 3.06 bits per heavy atom. The van der Waals surface area contributed by atoms with Crippen molar-refractivity contribution in [2.45, 2.75) is 24.8 Å². The number of rotatable bonds is 4. The van der Waals surface area contributed by atoms with Crippen molar-refractivity contribution in [3.63, 3.8) is 0 Å². The van der Waals surface area contributed by atoms with Crippen molar-refractivity contribution in [2.24, 2.45) is 5.92 Å². The van der Waals surface area contributed by atoms with Crippen LogP contribution in [0.3, 0.4) is 0 Å². The standard InChI is InChI=1S/C12H19N3O2S/c1-10-4-6-14-12(7-10)18(16,17)15-9-11-3-2-5-13-8-11/h4,6-7,11,13,15H,2-3,5,8-9H2,1H3/t11-/m0/s1. The molecule has 1 aromatic heterocycles. The highest BCUT2D eigenvalue weighted by molar-refractivity contribution is 7.89. The Kier molecular flexibility index (Phi) is 4.31. The number of pyridine rings is 1. The molecule has 1 saturated heterocycles. The summed E-state index contributed by atoms with van der Waals surface area (Å²) in [6, 6.07) is 3.37. The van der Waals surface area contributed by atoms with Crippen LogP contribution in [0.2, 0.25) is 0 Å². The Bertz CT molecular complexity index is 496. The Labute approximate surface area is 108 Å². The first kappa shape index (κ1) is 13.5. The molecule has 0 radical (unpaired) electrons. The van der Waals surface area contributed by atoms with Gasteiger partial charge in [-0.1, -0.05) is 0 Å². The number of hydrogen-bond donors (Lipinski definition) is 2. The fraction of sp³-hybridized carbons (Fsp3) is 0.583. The molecule has 6 heteroatoms. The lowest BCUT2D eigenvalue weighted by Crippen LogP contribution is -2.38. The molecule has 0 amide bonds. The van der Waals surface area contributed by atoms with Crippen LogP contribution >= 0.6 is 0 Å². The van der Waals surface area contributed by atoms with Gasteiger partial charge < -0.3 is 5.32 Å². The predicted octanol–water partition coefficient (Wildman–Crippen LogP) is 0.668. The molecule has 5 nitrogen and oxygen atoms in total. The van der Waals surface area contributed by atoms with Crippen LogP contribution in [-0.2, 0) is 10.0 Å². The van der Waals surface area contributed by atoms with Gasteiger partial charge in [0.1, 0.15) is 0 Å². The number of sulfonamides is 1. The van der Waals surface area contributed by atoms with Crippen LogP contribution < -0.4 is 10.0 Å². The maximum Gasteiger partial charge on any atom is 0.258 e. The van der Waals surface area contributed by atoms with Crippen molar-refractivity contribution >= 4 is 10.0 Å². The molecule has 0 spiro atoms. The van der Waals surface area contributed by atoms with Crippen LogP contribution in [0.15, 0.2) is 23.4 Å². The molecule has 1 fully saturated rings. The summed E-state index contributed by atoms with van der Waals surface area (Å²) < 4.78 is 26.7. The van der Waals surface area contributed by atoms with Gasteiger partial charge in [0.2, 0.25) is 0 Å². The van der Waals surface area contributed by atoms with Crippen molar-refractivity contribution in [3.05, 3.63) is 23.9 Å². The third-order valence-corrected chi connectivity index (χ3v) is 4.45. The molecule has 0 saturated carbocycles. The first-order valence-electron chi connectivity index (χ1n) is 6.21. The van der Waals surface area contributed by atoms with Gasteiger partial charge in [-0.05, 0) is 56.5 Å². The second-order valence-electron chi connectivity index (χ2n) is 4.74. The zero-order valence-electron chi connectivity index (χ0n) is 10.5. The Morgan fingerprint density at radius 2 is 2.39 bits per heavy atom. The first-order valence-corrected chi connectivity index (χ1v) is 7.69. The van der Waals surface area contributed by atoms with Gasteiger partial charge in [0.15, 0.2) is 5.03 Å². The van der Waals surface area contributed by atoms with E-state index >= 15 is 0 Å². The van der Waals surface area contributed by atoms with E-state index in [4.69, 9.17) is 0 Å². The molecule has 18 heavy (non-hydrogen) atoms. The summed E-state index contributed by atoms with van der Waals surface area (Å²) in [7, 11) is -3.47. The van der Waals surface area contributed by atoms with E-state index < -0.39 is 10.0 Å². The third-order valence-electron chi connectivity index (χ3n) is 3.13. The number of aromatic nitrogens is 1. The molecule has 2 N–H and O–H groups in total. The van der Waals surface area contributed by atoms with Crippen molar-refractivity contribution in [1.82, 2.24) is 15.0 Å². The number of hydrogen-bond acceptors (Lipinski definition) is 4. The highest BCUT2D eigenvalue weighted by Crippen LogP contribution is 2.11. The van der Waals surface area contributed by atoms with E-state index in [1.807, 2.05) is 6.92 Å². The molecule has 1 aromatic rings. The van der Waals surface area contributed by atoms with E-state index in [1.54, 1.807) is 12.1 Å². The summed E-state index contributed by atoms with van der Waals surface area (Å²) in [6.45, 7) is 4.24. The summed E-state index contributed by atoms with van der Waals surface area (Å²) in [5, 5.41) is 3.37. The summed E-state index contributed by atoms with van der Waals surface area (Å²) in [6.07, 6.45) is 3.69. The topological polar surface area (TPSA) is 71.1 Å². The fourth-order valence-electron chi connectivity index (χ4n) is 2.06. The van der Waals surface area contributed by atoms with Crippen LogP contribution in [-0.4, -0.2) is 33.0 Å². The number of nitrogens with one attached hydrogen (secondary N) is 2. The molecular formula is C12H19N3O2S. The molecule has 0 aliphatic carbocycles. The molecule has 1 aliphatic rings. The van der Waals surface area contributed by atoms with E-state index in [-0.39, 0.29) is 5.03 Å². The van der Waals surface area contributed by atoms with Gasteiger partial charge in [0.05, 0.1) is 0 Å². The van der Waals surface area contributed by atoms with Gasteiger partial charge in [0.25, 0.3) is 10.0 Å². The Hall–Kier alpha value is -0.980. The summed E-state index contributed by atoms with van der Waals surface area (Å²) in [4.78, 5) is 3.91. The molecular weight excluding hydrogens is 250 g/mol. The average molecular weight is 269 g/mol. The minimum Gasteiger partial charge on any atom is -0.316 e. The largest absolute Gasteiger partial charge is 0.316 e. The fourth-order valence-corrected chi connectivity index (χ4v) is 3.20. The van der Waals surface area contributed by atoms with E-state index in [0.29, 0.717) is 12.5 Å². The molecule has 1 atom stereocenters. The second kappa shape index (κ2) is 5.77. The number of piperidine rings is 1. The highest BCUT2D eigenvalue weighted by Gasteiger charge is 2.19. The summed E-state index contributed by atoms with van der Waals surface area (Å²) in [5.74, 6) is 0.373. The lowest BCUT2D eigenvalue weighted by Gasteiger charge is -2.22. The smallest absolute Gasteiger partial charge is 0.258 e. The number of aryl methyl sites for hydroxylation is 1. The molecule has 0 bridgehead atoms. The number of nitrogens with zero attached hydrogens (tertiary/aromatic N) is 1. The lowest BCUT2D eigenvalue weighted by atomic mass is 10.0. The molecule has 2 heterocycles. The van der Waals surface area contributed by atoms with E-state index in [9.17, 15) is 8.42 Å². The van der Waals surface area contributed by atoms with Crippen LogP contribution in [0.25, 0.3) is 0 Å². The van der Waals surface area contributed by atoms with Gasteiger partial charge in [-0.15, -0.1) is 0 Å². The highest BCUT2D eigenvalue weighted by atomic mass is 32.2. The monoisotopic (exact) mass is 269 g/mol. The zero-order valence-corrected chi connectivity index (χ0v) is 11.3. The Morgan fingerprint density at radius 1 is 1.56 bits per heavy atom. The molecule has 0 unspecified atom stereocenters. The van der Waals surface area contributed by atoms with E-state index in [1.165, 1.54) is 6.20 Å². The molecule has 100 valence electrons. The maximum atomic E-state index is 12.0. The first-order chi connectivity index (χ1) is 8.58. The molecule has 2 rings (SSSR count). The quantitative estimate of drug-likeness (QED) is 0.842. The van der Waals surface area contributed by atoms with Gasteiger partial charge >= 0.3 is 0 Å². The van der Waals surface area contributed by atoms with Gasteiger partial charge in [-0.2, -0.15) is 0 Å². The van der Waals surface area contributed by atoms with Crippen molar-refractivity contribution in [2.75, 3.05) is 19.6 Å². The molecule has 0 aromatic carbocycles. The van der Waals surface area contributed by atoms with E-state index in [0.717, 1.165) is 31.5 Å². The van der Waals surface area contributed by atoms with Crippen LogP contribution in [0.1, 0.15) is 18.4 Å². The second-order valence-corrected chi connectivity index (χ2v) is 6.45. The SMILES string of the molecule is Cc1ccnc(S(=O)(=O)NC[C@H]2CCCNC2)c1. The predicted molar refractivity (Wildman–Crippen MR) is 69.8 cm³/mol. The molecule has 1 aliphatic heterocycles. The van der Waals surface area contributed by atoms with E-state index in [2.05, 4.69) is 15.0 Å². The van der Waals surface area contributed by atoms with Gasteiger partial charge in [-0.25, -0.2) is 18.1 Å². The Balaban J connectivity index is 1.98. The minimum atomic E-state index is -3.47. The van der Waals surface area contributed by atoms with Crippen molar-refractivity contribution in [3.8, 4) is 0 Å². The van der Waals surface area contributed by atoms with Crippen LogP contribution in [0.5, 0.6) is 0 Å². The third kappa shape index (κ3) is 3.51. The minimum absolute atomic E-state index is 0.103. The normalized spacial score (nSPS) is 20.8. The average Bonchev–Trinajstić information content (AvgIpc) is 2.38. The van der Waals surface area contributed by atoms with Crippen molar-refractivity contribution < 1.29 is 8.42 Å². The maximum absolute atomic E-state index is 12.0. The lowest BCUT2D eigenvalue weighted by molar-refractivity contribution is 0.375. The van der Waals surface area contributed by atoms with Crippen LogP contribution in [0.4, 0.5) is 0 Å². The summed E-state index contributed by atoms with van der Waals surface area (Å²) in [5.41, 5.74) is 0.893. The summed E-state index contributed by atoms with van der Waals surface area (Å²) >= 11 is 0. The van der Waals surface area contributed by atoms with Crippen molar-refractivity contribution in [1.29, 1.82) is 0 Å². The van der Waals surface area contributed by atoms with Gasteiger partial charge in [0, 0.05) is 12.7 Å². The van der Waals surface area contributed by atoms with Crippen LogP contribution in [0, 0.1) is 12.8 Å². The zero-order chi connectivity index (χ0) is 13.0.